The maximum atomic E-state index is 13.8. The van der Waals surface area contributed by atoms with Crippen molar-refractivity contribution >= 4 is 23.2 Å². The zero-order valence-corrected chi connectivity index (χ0v) is 11.8. The van der Waals surface area contributed by atoms with Crippen LogP contribution in [0.1, 0.15) is 17.2 Å². The summed E-state index contributed by atoms with van der Waals surface area (Å²) in [6.45, 7) is 0. The number of nitrogens with zero attached hydrogens (tertiary/aromatic N) is 1. The molecule has 0 amide bonds. The maximum absolute atomic E-state index is 13.8. The maximum Gasteiger partial charge on any atom is 0.127 e. The van der Waals surface area contributed by atoms with Gasteiger partial charge in [0.1, 0.15) is 5.82 Å². The van der Waals surface area contributed by atoms with Gasteiger partial charge >= 0.3 is 0 Å². The van der Waals surface area contributed by atoms with Crippen molar-refractivity contribution in [2.75, 3.05) is 7.05 Å². The lowest BCUT2D eigenvalue weighted by Gasteiger charge is -2.18. The number of rotatable bonds is 4. The van der Waals surface area contributed by atoms with Crippen LogP contribution < -0.4 is 5.32 Å². The third-order valence-electron chi connectivity index (χ3n) is 2.97. The van der Waals surface area contributed by atoms with Crippen molar-refractivity contribution in [2.24, 2.45) is 0 Å². The number of benzene rings is 1. The van der Waals surface area contributed by atoms with E-state index in [2.05, 4.69) is 10.3 Å². The summed E-state index contributed by atoms with van der Waals surface area (Å²) in [5.74, 6) is -0.307. The summed E-state index contributed by atoms with van der Waals surface area (Å²) in [5, 5.41) is 4.10. The van der Waals surface area contributed by atoms with Crippen LogP contribution in [0.25, 0.3) is 0 Å². The van der Waals surface area contributed by atoms with Crippen molar-refractivity contribution in [3.8, 4) is 0 Å². The first-order valence-electron chi connectivity index (χ1n) is 5.82. The molecule has 0 spiro atoms. The molecular weight excluding hydrogens is 286 g/mol. The molecule has 2 nitrogen and oxygen atoms in total. The van der Waals surface area contributed by atoms with Gasteiger partial charge in [-0.25, -0.2) is 4.39 Å². The topological polar surface area (TPSA) is 24.9 Å². The Balaban J connectivity index is 2.27. The summed E-state index contributed by atoms with van der Waals surface area (Å²) in [6, 6.07) is 6.44. The predicted molar refractivity (Wildman–Crippen MR) is 76.2 cm³/mol. The molecule has 0 bridgehead atoms. The Morgan fingerprint density at radius 3 is 2.74 bits per heavy atom. The highest BCUT2D eigenvalue weighted by Crippen LogP contribution is 2.26. The summed E-state index contributed by atoms with van der Waals surface area (Å²) in [7, 11) is 1.81. The molecule has 1 atom stereocenters. The van der Waals surface area contributed by atoms with Gasteiger partial charge in [0.2, 0.25) is 0 Å². The Kier molecular flexibility index (Phi) is 4.75. The van der Waals surface area contributed by atoms with Crippen molar-refractivity contribution in [1.29, 1.82) is 0 Å². The van der Waals surface area contributed by atoms with Crippen molar-refractivity contribution in [3.63, 3.8) is 0 Å². The third-order valence-corrected chi connectivity index (χ3v) is 3.52. The Labute approximate surface area is 121 Å². The Morgan fingerprint density at radius 2 is 2.11 bits per heavy atom. The van der Waals surface area contributed by atoms with Crippen molar-refractivity contribution in [2.45, 2.75) is 12.5 Å². The second-order valence-corrected chi connectivity index (χ2v) is 5.02. The summed E-state index contributed by atoms with van der Waals surface area (Å²) in [5.41, 5.74) is 1.49. The second-order valence-electron chi connectivity index (χ2n) is 4.18. The van der Waals surface area contributed by atoms with E-state index in [-0.39, 0.29) is 11.9 Å². The van der Waals surface area contributed by atoms with Gasteiger partial charge < -0.3 is 5.32 Å². The number of likely N-dealkylation sites (N-methyl/N-ethyl adjacent to an activating group) is 1. The minimum Gasteiger partial charge on any atom is -0.313 e. The normalized spacial score (nSPS) is 12.4. The summed E-state index contributed by atoms with van der Waals surface area (Å²) in [4.78, 5) is 3.95. The van der Waals surface area contributed by atoms with E-state index >= 15 is 0 Å². The lowest BCUT2D eigenvalue weighted by molar-refractivity contribution is 0.554. The van der Waals surface area contributed by atoms with Crippen LogP contribution in [0.2, 0.25) is 10.0 Å². The minimum atomic E-state index is -0.307. The minimum absolute atomic E-state index is 0.0776. The highest BCUT2D eigenvalue weighted by atomic mass is 35.5. The van der Waals surface area contributed by atoms with Crippen molar-refractivity contribution < 1.29 is 4.39 Å². The molecule has 2 rings (SSSR count). The largest absolute Gasteiger partial charge is 0.313 e. The van der Waals surface area contributed by atoms with Gasteiger partial charge in [-0.1, -0.05) is 29.3 Å². The fourth-order valence-corrected chi connectivity index (χ4v) is 2.35. The molecule has 0 saturated carbocycles. The molecule has 0 aliphatic rings. The molecule has 2 aromatic rings. The van der Waals surface area contributed by atoms with E-state index in [1.165, 1.54) is 6.07 Å². The Hall–Kier alpha value is -1.16. The number of pyridine rings is 1. The van der Waals surface area contributed by atoms with E-state index in [0.717, 1.165) is 5.56 Å². The molecule has 0 saturated heterocycles. The number of hydrogen-bond acceptors (Lipinski definition) is 2. The summed E-state index contributed by atoms with van der Waals surface area (Å²) >= 11 is 11.9. The van der Waals surface area contributed by atoms with Crippen LogP contribution in [0.5, 0.6) is 0 Å². The van der Waals surface area contributed by atoms with Crippen LogP contribution >= 0.6 is 23.2 Å². The first-order chi connectivity index (χ1) is 9.11. The number of nitrogens with one attached hydrogen (secondary N) is 1. The molecule has 0 aliphatic carbocycles. The molecule has 5 heteroatoms. The number of hydrogen-bond donors (Lipinski definition) is 1. The van der Waals surface area contributed by atoms with Crippen molar-refractivity contribution in [1.82, 2.24) is 10.3 Å². The summed E-state index contributed by atoms with van der Waals surface area (Å²) in [6.07, 6.45) is 3.74. The third kappa shape index (κ3) is 3.44. The lowest BCUT2D eigenvalue weighted by Crippen LogP contribution is -2.19. The monoisotopic (exact) mass is 298 g/mol. The van der Waals surface area contributed by atoms with Crippen molar-refractivity contribution in [3.05, 3.63) is 63.6 Å². The average molecular weight is 299 g/mol. The van der Waals surface area contributed by atoms with Crippen LogP contribution in [-0.2, 0) is 6.42 Å². The van der Waals surface area contributed by atoms with Gasteiger partial charge in [0.25, 0.3) is 0 Å². The van der Waals surface area contributed by atoms with Crippen LogP contribution in [0.15, 0.2) is 36.7 Å². The average Bonchev–Trinajstić information content (AvgIpc) is 2.39. The standard InChI is InChI=1S/C14H13Cl2FN2/c1-18-14(11-4-5-19-8-12(11)16)6-9-2-3-10(15)7-13(9)17/h2-5,7-8,14,18H,6H2,1H3. The highest BCUT2D eigenvalue weighted by Gasteiger charge is 2.15. The molecule has 0 fully saturated rings. The molecular formula is C14H13Cl2FN2. The van der Waals surface area contributed by atoms with Gasteiger partial charge in [-0.2, -0.15) is 0 Å². The van der Waals surface area contributed by atoms with Gasteiger partial charge in [0, 0.05) is 23.5 Å². The molecule has 1 aromatic carbocycles. The lowest BCUT2D eigenvalue weighted by atomic mass is 9.99. The zero-order valence-electron chi connectivity index (χ0n) is 10.3. The van der Waals surface area contributed by atoms with E-state index < -0.39 is 0 Å². The van der Waals surface area contributed by atoms with Gasteiger partial charge in [-0.05, 0) is 42.8 Å². The SMILES string of the molecule is CNC(Cc1ccc(Cl)cc1F)c1ccncc1Cl. The van der Waals surface area contributed by atoms with E-state index in [0.29, 0.717) is 22.0 Å². The van der Waals surface area contributed by atoms with E-state index in [1.54, 1.807) is 24.5 Å². The van der Waals surface area contributed by atoms with Crippen LogP contribution in [0, 0.1) is 5.82 Å². The van der Waals surface area contributed by atoms with Crippen LogP contribution in [0.3, 0.4) is 0 Å². The van der Waals surface area contributed by atoms with Gasteiger partial charge in [-0.15, -0.1) is 0 Å². The van der Waals surface area contributed by atoms with E-state index in [9.17, 15) is 4.39 Å². The number of halogens is 3. The zero-order chi connectivity index (χ0) is 13.8. The fraction of sp³-hybridized carbons (Fsp3) is 0.214. The molecule has 0 aliphatic heterocycles. The van der Waals surface area contributed by atoms with Crippen LogP contribution in [0.4, 0.5) is 4.39 Å². The fourth-order valence-electron chi connectivity index (χ4n) is 1.94. The smallest absolute Gasteiger partial charge is 0.127 e. The molecule has 1 aromatic heterocycles. The molecule has 1 unspecified atom stereocenters. The Morgan fingerprint density at radius 1 is 1.32 bits per heavy atom. The first kappa shape index (κ1) is 14.3. The van der Waals surface area contributed by atoms with Gasteiger partial charge in [-0.3, -0.25) is 4.98 Å². The highest BCUT2D eigenvalue weighted by molar-refractivity contribution is 6.31. The molecule has 100 valence electrons. The molecule has 19 heavy (non-hydrogen) atoms. The summed E-state index contributed by atoms with van der Waals surface area (Å²) < 4.78 is 13.8. The molecule has 0 radical (unpaired) electrons. The predicted octanol–water partition coefficient (Wildman–Crippen LogP) is 4.03. The van der Waals surface area contributed by atoms with E-state index in [4.69, 9.17) is 23.2 Å². The first-order valence-corrected chi connectivity index (χ1v) is 6.58. The quantitative estimate of drug-likeness (QED) is 0.922. The van der Waals surface area contributed by atoms with Crippen LogP contribution in [-0.4, -0.2) is 12.0 Å². The second kappa shape index (κ2) is 6.33. The van der Waals surface area contributed by atoms with Gasteiger partial charge in [0.05, 0.1) is 5.02 Å². The Bertz CT molecular complexity index is 575. The van der Waals surface area contributed by atoms with Gasteiger partial charge in [0.15, 0.2) is 0 Å². The molecule has 1 heterocycles. The molecule has 1 N–H and O–H groups in total. The van der Waals surface area contributed by atoms with E-state index in [1.807, 2.05) is 13.1 Å². The number of aromatic nitrogens is 1.